The summed E-state index contributed by atoms with van der Waals surface area (Å²) >= 11 is 1.55. The lowest BCUT2D eigenvalue weighted by molar-refractivity contribution is 0.0944. The molecule has 1 heterocycles. The van der Waals surface area contributed by atoms with Gasteiger partial charge in [0.15, 0.2) is 5.82 Å². The summed E-state index contributed by atoms with van der Waals surface area (Å²) in [6.07, 6.45) is 5.04. The van der Waals surface area contributed by atoms with Gasteiger partial charge in [-0.25, -0.2) is 0 Å². The van der Waals surface area contributed by atoms with Crippen molar-refractivity contribution in [2.24, 2.45) is 5.92 Å². The van der Waals surface area contributed by atoms with E-state index in [-0.39, 0.29) is 5.91 Å². The molecule has 1 aliphatic rings. The summed E-state index contributed by atoms with van der Waals surface area (Å²) in [5, 5.41) is 6.97. The van der Waals surface area contributed by atoms with Crippen LogP contribution in [0.15, 0.2) is 33.7 Å². The number of carbonyl (C=O) groups is 1. The van der Waals surface area contributed by atoms with Gasteiger partial charge in [-0.05, 0) is 30.9 Å². The Morgan fingerprint density at radius 2 is 2.13 bits per heavy atom. The summed E-state index contributed by atoms with van der Waals surface area (Å²) in [5.41, 5.74) is 0.718. The molecule has 1 aromatic carbocycles. The fraction of sp³-hybridized carbons (Fsp3) is 0.471. The predicted octanol–water partition coefficient (Wildman–Crippen LogP) is 3.59. The summed E-state index contributed by atoms with van der Waals surface area (Å²) in [7, 11) is 0. The van der Waals surface area contributed by atoms with Gasteiger partial charge in [-0.3, -0.25) is 4.79 Å². The van der Waals surface area contributed by atoms with Crippen LogP contribution in [0, 0.1) is 12.8 Å². The van der Waals surface area contributed by atoms with E-state index in [1.807, 2.05) is 24.3 Å². The second-order valence-electron chi connectivity index (χ2n) is 5.87. The number of amides is 1. The van der Waals surface area contributed by atoms with Crippen LogP contribution in [0.1, 0.15) is 47.8 Å². The third-order valence-corrected chi connectivity index (χ3v) is 5.15. The minimum Gasteiger partial charge on any atom is -0.352 e. The first-order valence-electron chi connectivity index (χ1n) is 8.01. The van der Waals surface area contributed by atoms with Crippen molar-refractivity contribution in [1.82, 2.24) is 15.5 Å². The Labute approximate surface area is 140 Å². The van der Waals surface area contributed by atoms with E-state index in [0.717, 1.165) is 17.0 Å². The van der Waals surface area contributed by atoms with E-state index >= 15 is 0 Å². The summed E-state index contributed by atoms with van der Waals surface area (Å²) in [5.74, 6) is 2.44. The lowest BCUT2D eigenvalue weighted by atomic mass is 10.1. The maximum Gasteiger partial charge on any atom is 0.252 e. The molecule has 6 heteroatoms. The molecule has 1 N–H and O–H groups in total. The van der Waals surface area contributed by atoms with Crippen molar-refractivity contribution in [3.8, 4) is 0 Å². The number of nitrogens with zero attached hydrogens (tertiary/aromatic N) is 2. The Balaban J connectivity index is 1.60. The van der Waals surface area contributed by atoms with E-state index in [1.54, 1.807) is 18.7 Å². The third kappa shape index (κ3) is 4.34. The summed E-state index contributed by atoms with van der Waals surface area (Å²) in [6.45, 7) is 2.55. The number of benzene rings is 1. The van der Waals surface area contributed by atoms with Crippen LogP contribution in [0.5, 0.6) is 0 Å². The standard InChI is InChI=1S/C17H21N3O2S/c1-12-19-16(20-22-12)11-23-15-9-5-4-8-14(15)17(21)18-10-13-6-2-3-7-13/h4-5,8-9,13H,2-3,6-7,10-11H2,1H3,(H,18,21). The van der Waals surface area contributed by atoms with Crippen molar-refractivity contribution >= 4 is 17.7 Å². The molecule has 5 nitrogen and oxygen atoms in total. The van der Waals surface area contributed by atoms with Crippen LogP contribution in [0.2, 0.25) is 0 Å². The zero-order valence-electron chi connectivity index (χ0n) is 13.2. The Kier molecular flexibility index (Phi) is 5.33. The smallest absolute Gasteiger partial charge is 0.252 e. The minimum absolute atomic E-state index is 0.00397. The zero-order valence-corrected chi connectivity index (χ0v) is 14.1. The maximum atomic E-state index is 12.5. The van der Waals surface area contributed by atoms with Gasteiger partial charge in [0.25, 0.3) is 5.91 Å². The van der Waals surface area contributed by atoms with Gasteiger partial charge in [0.1, 0.15) is 0 Å². The molecule has 0 bridgehead atoms. The van der Waals surface area contributed by atoms with Crippen molar-refractivity contribution < 1.29 is 9.32 Å². The van der Waals surface area contributed by atoms with Crippen LogP contribution in [-0.2, 0) is 5.75 Å². The number of aromatic nitrogens is 2. The third-order valence-electron chi connectivity index (χ3n) is 4.08. The van der Waals surface area contributed by atoms with Gasteiger partial charge in [0.2, 0.25) is 5.89 Å². The minimum atomic E-state index is 0.00397. The van der Waals surface area contributed by atoms with Crippen molar-refractivity contribution in [2.75, 3.05) is 6.54 Å². The van der Waals surface area contributed by atoms with Crippen LogP contribution in [0.3, 0.4) is 0 Å². The van der Waals surface area contributed by atoms with Crippen LogP contribution in [0.25, 0.3) is 0 Å². The molecule has 0 spiro atoms. The van der Waals surface area contributed by atoms with Crippen LogP contribution < -0.4 is 5.32 Å². The Bertz CT molecular complexity index is 665. The lowest BCUT2D eigenvalue weighted by Crippen LogP contribution is -2.28. The average molecular weight is 331 g/mol. The fourth-order valence-corrected chi connectivity index (χ4v) is 3.76. The van der Waals surface area contributed by atoms with Gasteiger partial charge in [-0.15, -0.1) is 11.8 Å². The highest BCUT2D eigenvalue weighted by Crippen LogP contribution is 2.26. The first kappa shape index (κ1) is 16.1. The summed E-state index contributed by atoms with van der Waals surface area (Å²) in [4.78, 5) is 17.6. The Morgan fingerprint density at radius 1 is 1.35 bits per heavy atom. The van der Waals surface area contributed by atoms with Crippen molar-refractivity contribution in [3.05, 3.63) is 41.5 Å². The molecule has 1 fully saturated rings. The molecule has 0 atom stereocenters. The van der Waals surface area contributed by atoms with Crippen LogP contribution in [-0.4, -0.2) is 22.6 Å². The van der Waals surface area contributed by atoms with E-state index in [4.69, 9.17) is 4.52 Å². The number of hydrogen-bond donors (Lipinski definition) is 1. The average Bonchev–Trinajstić information content (AvgIpc) is 3.22. The number of thioether (sulfide) groups is 1. The molecule has 1 saturated carbocycles. The quantitative estimate of drug-likeness (QED) is 0.819. The van der Waals surface area contributed by atoms with E-state index in [1.165, 1.54) is 25.7 Å². The predicted molar refractivity (Wildman–Crippen MR) is 89.3 cm³/mol. The Hall–Kier alpha value is -1.82. The molecular formula is C17H21N3O2S. The lowest BCUT2D eigenvalue weighted by Gasteiger charge is -2.12. The van der Waals surface area contributed by atoms with Gasteiger partial charge >= 0.3 is 0 Å². The highest BCUT2D eigenvalue weighted by Gasteiger charge is 2.17. The molecule has 0 radical (unpaired) electrons. The second-order valence-corrected chi connectivity index (χ2v) is 6.89. The topological polar surface area (TPSA) is 68.0 Å². The van der Waals surface area contributed by atoms with E-state index in [0.29, 0.717) is 23.4 Å². The SMILES string of the molecule is Cc1nc(CSc2ccccc2C(=O)NCC2CCCC2)no1. The van der Waals surface area contributed by atoms with Gasteiger partial charge in [-0.2, -0.15) is 4.98 Å². The monoisotopic (exact) mass is 331 g/mol. The van der Waals surface area contributed by atoms with Gasteiger partial charge in [0, 0.05) is 18.4 Å². The molecule has 2 aromatic rings. The molecule has 1 aliphatic carbocycles. The van der Waals surface area contributed by atoms with Crippen molar-refractivity contribution in [2.45, 2.75) is 43.3 Å². The zero-order chi connectivity index (χ0) is 16.1. The van der Waals surface area contributed by atoms with E-state index in [9.17, 15) is 4.79 Å². The number of rotatable bonds is 6. The molecule has 1 amide bonds. The second kappa shape index (κ2) is 7.64. The normalized spacial score (nSPS) is 15.0. The number of nitrogens with one attached hydrogen (secondary N) is 1. The fourth-order valence-electron chi connectivity index (χ4n) is 2.87. The first-order chi connectivity index (χ1) is 11.2. The van der Waals surface area contributed by atoms with E-state index in [2.05, 4.69) is 15.5 Å². The molecule has 0 aliphatic heterocycles. The highest BCUT2D eigenvalue weighted by molar-refractivity contribution is 7.98. The molecule has 23 heavy (non-hydrogen) atoms. The number of aryl methyl sites for hydroxylation is 1. The molecular weight excluding hydrogens is 310 g/mol. The largest absolute Gasteiger partial charge is 0.352 e. The van der Waals surface area contributed by atoms with Gasteiger partial charge < -0.3 is 9.84 Å². The van der Waals surface area contributed by atoms with Crippen molar-refractivity contribution in [1.29, 1.82) is 0 Å². The molecule has 0 saturated heterocycles. The van der Waals surface area contributed by atoms with Gasteiger partial charge in [-0.1, -0.05) is 30.1 Å². The molecule has 122 valence electrons. The molecule has 0 unspecified atom stereocenters. The Morgan fingerprint density at radius 3 is 2.87 bits per heavy atom. The first-order valence-corrected chi connectivity index (χ1v) is 9.00. The van der Waals surface area contributed by atoms with Crippen LogP contribution in [0.4, 0.5) is 0 Å². The molecule has 1 aromatic heterocycles. The summed E-state index contributed by atoms with van der Waals surface area (Å²) < 4.78 is 4.97. The van der Waals surface area contributed by atoms with E-state index < -0.39 is 0 Å². The molecule has 3 rings (SSSR count). The van der Waals surface area contributed by atoms with Crippen molar-refractivity contribution in [3.63, 3.8) is 0 Å². The van der Waals surface area contributed by atoms with Crippen LogP contribution >= 0.6 is 11.8 Å². The highest BCUT2D eigenvalue weighted by atomic mass is 32.2. The maximum absolute atomic E-state index is 12.5. The van der Waals surface area contributed by atoms with Gasteiger partial charge in [0.05, 0.1) is 11.3 Å². The summed E-state index contributed by atoms with van der Waals surface area (Å²) in [6, 6.07) is 7.67. The number of hydrogen-bond acceptors (Lipinski definition) is 5. The number of carbonyl (C=O) groups excluding carboxylic acids is 1.